The minimum Gasteiger partial charge on any atom is -0.398 e. The molecule has 0 spiro atoms. The third-order valence-corrected chi connectivity index (χ3v) is 7.22. The van der Waals surface area contributed by atoms with Gasteiger partial charge < -0.3 is 10.3 Å². The molecule has 112 valence electrons. The molecule has 1 aromatic carbocycles. The predicted octanol–water partition coefficient (Wildman–Crippen LogP) is 3.93. The van der Waals surface area contributed by atoms with Gasteiger partial charge in [-0.1, -0.05) is 31.1 Å². The molecular weight excluding hydrogens is 302 g/mol. The van der Waals surface area contributed by atoms with Gasteiger partial charge in [-0.3, -0.25) is 0 Å². The number of hydrogen-bond donors (Lipinski definition) is 1. The van der Waals surface area contributed by atoms with Gasteiger partial charge >= 0.3 is 0 Å². The van der Waals surface area contributed by atoms with Gasteiger partial charge in [-0.15, -0.1) is 11.8 Å². The summed E-state index contributed by atoms with van der Waals surface area (Å²) in [6, 6.07) is 5.86. The second-order valence-corrected chi connectivity index (χ2v) is 8.36. The highest BCUT2D eigenvalue weighted by Gasteiger charge is 2.30. The van der Waals surface area contributed by atoms with Crippen molar-refractivity contribution >= 4 is 29.2 Å². The number of nitrogens with two attached hydrogens (primary N) is 1. The zero-order chi connectivity index (χ0) is 15.0. The van der Waals surface area contributed by atoms with Crippen LogP contribution < -0.4 is 5.73 Å². The molecule has 1 aromatic heterocycles. The molecule has 2 aromatic rings. The topological polar surface area (TPSA) is 64.9 Å². The summed E-state index contributed by atoms with van der Waals surface area (Å²) in [4.78, 5) is 4.57. The number of anilines is 1. The lowest BCUT2D eigenvalue weighted by atomic mass is 10.1. The number of hydrogen-bond acceptors (Lipinski definition) is 6. The van der Waals surface area contributed by atoms with Crippen LogP contribution in [0.5, 0.6) is 0 Å². The molecule has 3 atom stereocenters. The molecule has 0 amide bonds. The maximum absolute atomic E-state index is 6.11. The van der Waals surface area contributed by atoms with Crippen LogP contribution in [0.25, 0.3) is 11.5 Å². The predicted molar refractivity (Wildman–Crippen MR) is 90.6 cm³/mol. The Kier molecular flexibility index (Phi) is 4.17. The monoisotopic (exact) mass is 321 g/mol. The van der Waals surface area contributed by atoms with Gasteiger partial charge in [-0.2, -0.15) is 16.7 Å². The van der Waals surface area contributed by atoms with Crippen LogP contribution in [0.2, 0.25) is 0 Å². The van der Waals surface area contributed by atoms with E-state index >= 15 is 0 Å². The molecule has 4 nitrogen and oxygen atoms in total. The number of aryl methyl sites for hydroxylation is 1. The van der Waals surface area contributed by atoms with Crippen molar-refractivity contribution in [2.45, 2.75) is 36.5 Å². The van der Waals surface area contributed by atoms with Gasteiger partial charge in [-0.25, -0.2) is 0 Å². The third-order valence-electron chi connectivity index (χ3n) is 3.83. The molecule has 3 rings (SSSR count). The molecule has 1 saturated heterocycles. The minimum absolute atomic E-state index is 0.296. The van der Waals surface area contributed by atoms with E-state index in [0.29, 0.717) is 27.3 Å². The summed E-state index contributed by atoms with van der Waals surface area (Å²) in [6.07, 6.45) is 0. The van der Waals surface area contributed by atoms with Crippen LogP contribution >= 0.6 is 23.5 Å². The van der Waals surface area contributed by atoms with Crippen molar-refractivity contribution < 1.29 is 4.52 Å². The van der Waals surface area contributed by atoms with Crippen molar-refractivity contribution in [3.63, 3.8) is 0 Å². The number of nitrogen functional groups attached to an aromatic ring is 1. The second-order valence-electron chi connectivity index (χ2n) is 5.36. The van der Waals surface area contributed by atoms with E-state index in [1.54, 1.807) is 0 Å². The van der Waals surface area contributed by atoms with Crippen molar-refractivity contribution in [1.82, 2.24) is 10.1 Å². The fourth-order valence-electron chi connectivity index (χ4n) is 2.26. The van der Waals surface area contributed by atoms with Crippen molar-refractivity contribution in [2.24, 2.45) is 0 Å². The minimum atomic E-state index is 0.296. The Morgan fingerprint density at radius 1 is 1.29 bits per heavy atom. The molecule has 0 saturated carbocycles. The molecule has 0 radical (unpaired) electrons. The summed E-state index contributed by atoms with van der Waals surface area (Å²) in [6.45, 7) is 6.51. The normalized spacial score (nSPS) is 26.0. The number of benzene rings is 1. The summed E-state index contributed by atoms with van der Waals surface area (Å²) in [5.74, 6) is 2.32. The van der Waals surface area contributed by atoms with Gasteiger partial charge in [0.05, 0.1) is 10.8 Å². The van der Waals surface area contributed by atoms with Gasteiger partial charge in [0.1, 0.15) is 0 Å². The van der Waals surface area contributed by atoms with Crippen molar-refractivity contribution in [3.05, 3.63) is 29.6 Å². The smallest absolute Gasteiger partial charge is 0.260 e. The molecule has 6 heteroatoms. The third kappa shape index (κ3) is 2.92. The first-order valence-electron chi connectivity index (χ1n) is 7.02. The number of thioether (sulfide) groups is 2. The van der Waals surface area contributed by atoms with Crippen LogP contribution in [0, 0.1) is 6.92 Å². The van der Waals surface area contributed by atoms with Gasteiger partial charge in [0.15, 0.2) is 5.82 Å². The van der Waals surface area contributed by atoms with Crippen LogP contribution in [0.1, 0.15) is 30.5 Å². The Morgan fingerprint density at radius 3 is 2.86 bits per heavy atom. The summed E-state index contributed by atoms with van der Waals surface area (Å²) in [5, 5.41) is 5.74. The molecule has 21 heavy (non-hydrogen) atoms. The van der Waals surface area contributed by atoms with E-state index < -0.39 is 0 Å². The lowest BCUT2D eigenvalue weighted by molar-refractivity contribution is 0.423. The molecule has 1 aliphatic rings. The fraction of sp³-hybridized carbons (Fsp3) is 0.467. The van der Waals surface area contributed by atoms with Crippen LogP contribution in [-0.4, -0.2) is 26.4 Å². The van der Waals surface area contributed by atoms with Crippen LogP contribution in [-0.2, 0) is 0 Å². The summed E-state index contributed by atoms with van der Waals surface area (Å²) in [5.41, 5.74) is 8.66. The Bertz CT molecular complexity index is 644. The quantitative estimate of drug-likeness (QED) is 0.846. The lowest BCUT2D eigenvalue weighted by Gasteiger charge is -2.29. The maximum Gasteiger partial charge on any atom is 0.260 e. The van der Waals surface area contributed by atoms with E-state index in [9.17, 15) is 0 Å². The average Bonchev–Trinajstić information content (AvgIpc) is 2.94. The fourth-order valence-corrected chi connectivity index (χ4v) is 5.09. The first-order valence-corrected chi connectivity index (χ1v) is 9.01. The van der Waals surface area contributed by atoms with Crippen LogP contribution in [0.15, 0.2) is 22.7 Å². The average molecular weight is 321 g/mol. The lowest BCUT2D eigenvalue weighted by Crippen LogP contribution is -2.22. The van der Waals surface area contributed by atoms with Gasteiger partial charge in [-0.05, 0) is 18.6 Å². The van der Waals surface area contributed by atoms with Gasteiger partial charge in [0.25, 0.3) is 5.89 Å². The van der Waals surface area contributed by atoms with Crippen molar-refractivity contribution in [2.75, 3.05) is 11.5 Å². The van der Waals surface area contributed by atoms with E-state index in [4.69, 9.17) is 10.3 Å². The highest BCUT2D eigenvalue weighted by atomic mass is 32.2. The molecule has 0 aliphatic carbocycles. The Labute approximate surface area is 133 Å². The van der Waals surface area contributed by atoms with Gasteiger partial charge in [0, 0.05) is 21.9 Å². The highest BCUT2D eigenvalue weighted by Crippen LogP contribution is 2.43. The van der Waals surface area contributed by atoms with E-state index in [1.165, 1.54) is 0 Å². The highest BCUT2D eigenvalue weighted by molar-refractivity contribution is 8.07. The molecule has 3 unspecified atom stereocenters. The molecule has 0 bridgehead atoms. The van der Waals surface area contributed by atoms with E-state index in [0.717, 1.165) is 22.7 Å². The first-order chi connectivity index (χ1) is 10.1. The summed E-state index contributed by atoms with van der Waals surface area (Å²) in [7, 11) is 0. The zero-order valence-corrected chi connectivity index (χ0v) is 14.0. The number of para-hydroxylation sites is 1. The standard InChI is InChI=1S/C15H19N3OS2/c1-8-5-4-6-11(13(8)16)15-17-14(18-19-15)12-7-20-9(2)10(3)21-12/h4-6,9-10,12H,7,16H2,1-3H3. The zero-order valence-electron chi connectivity index (χ0n) is 12.4. The van der Waals surface area contributed by atoms with Crippen molar-refractivity contribution in [3.8, 4) is 11.5 Å². The molecule has 1 fully saturated rings. The first kappa shape index (κ1) is 14.8. The largest absolute Gasteiger partial charge is 0.398 e. The number of nitrogens with zero attached hydrogens (tertiary/aromatic N) is 2. The van der Waals surface area contributed by atoms with E-state index in [-0.39, 0.29) is 0 Å². The van der Waals surface area contributed by atoms with E-state index in [2.05, 4.69) is 24.0 Å². The molecule has 2 N–H and O–H groups in total. The maximum atomic E-state index is 6.11. The molecule has 2 heterocycles. The molecular formula is C15H19N3OS2. The van der Waals surface area contributed by atoms with Crippen molar-refractivity contribution in [1.29, 1.82) is 0 Å². The Balaban J connectivity index is 1.85. The van der Waals surface area contributed by atoms with Crippen LogP contribution in [0.4, 0.5) is 5.69 Å². The van der Waals surface area contributed by atoms with Crippen LogP contribution in [0.3, 0.4) is 0 Å². The second kappa shape index (κ2) is 5.93. The van der Waals surface area contributed by atoms with E-state index in [1.807, 2.05) is 48.6 Å². The number of aromatic nitrogens is 2. The number of rotatable bonds is 2. The molecule has 1 aliphatic heterocycles. The summed E-state index contributed by atoms with van der Waals surface area (Å²) >= 11 is 3.90. The summed E-state index contributed by atoms with van der Waals surface area (Å²) < 4.78 is 5.44. The Hall–Kier alpha value is -1.14. The van der Waals surface area contributed by atoms with Gasteiger partial charge in [0.2, 0.25) is 0 Å². The Morgan fingerprint density at radius 2 is 2.10 bits per heavy atom. The SMILES string of the molecule is Cc1cccc(-c2nc(C3CSC(C)C(C)S3)no2)c1N.